The van der Waals surface area contributed by atoms with Crippen molar-refractivity contribution >= 4 is 0 Å². The Morgan fingerprint density at radius 2 is 1.47 bits per heavy atom. The summed E-state index contributed by atoms with van der Waals surface area (Å²) in [5.74, 6) is -1.55. The highest BCUT2D eigenvalue weighted by molar-refractivity contribution is 5.72. The van der Waals surface area contributed by atoms with Crippen LogP contribution in [0.15, 0.2) is 36.4 Å². The van der Waals surface area contributed by atoms with Crippen molar-refractivity contribution in [3.05, 3.63) is 87.0 Å². The van der Waals surface area contributed by atoms with Gasteiger partial charge < -0.3 is 9.47 Å². The standard InChI is InChI=1S/C30H32F4O2/c1-16-7-8-27(35-15-16)22-9-18(3)28(19(4)10-22)23-11-20(5)29(26(32)13-23)30(33,34)36-24-12-17(2)21(6)25(31)14-24/h9-14,16,27H,7-8,15H2,1-6H3. The second kappa shape index (κ2) is 9.89. The molecule has 0 bridgehead atoms. The molecule has 0 radical (unpaired) electrons. The molecule has 1 aliphatic rings. The predicted molar refractivity (Wildman–Crippen MR) is 134 cm³/mol. The van der Waals surface area contributed by atoms with Crippen LogP contribution in [0.25, 0.3) is 11.1 Å². The first-order chi connectivity index (χ1) is 16.9. The molecule has 36 heavy (non-hydrogen) atoms. The highest BCUT2D eigenvalue weighted by Crippen LogP contribution is 2.40. The van der Waals surface area contributed by atoms with Gasteiger partial charge in [0.15, 0.2) is 0 Å². The molecule has 1 saturated heterocycles. The molecule has 3 aromatic rings. The number of rotatable bonds is 5. The minimum Gasteiger partial charge on any atom is -0.429 e. The normalized spacial score (nSPS) is 18.4. The number of alkyl halides is 2. The second-order valence-electron chi connectivity index (χ2n) is 10.1. The number of hydrogen-bond acceptors (Lipinski definition) is 2. The summed E-state index contributed by atoms with van der Waals surface area (Å²) in [6, 6.07) is 8.95. The van der Waals surface area contributed by atoms with E-state index in [4.69, 9.17) is 9.47 Å². The Hall–Kier alpha value is -2.86. The summed E-state index contributed by atoms with van der Waals surface area (Å²) in [4.78, 5) is 0. The van der Waals surface area contributed by atoms with E-state index in [9.17, 15) is 4.39 Å². The van der Waals surface area contributed by atoms with Crippen molar-refractivity contribution in [1.29, 1.82) is 0 Å². The van der Waals surface area contributed by atoms with Crippen LogP contribution in [-0.4, -0.2) is 6.61 Å². The second-order valence-corrected chi connectivity index (χ2v) is 10.1. The fourth-order valence-electron chi connectivity index (χ4n) is 5.08. The Balaban J connectivity index is 1.66. The summed E-state index contributed by atoms with van der Waals surface area (Å²) in [5.41, 5.74) is 4.25. The van der Waals surface area contributed by atoms with Crippen molar-refractivity contribution in [3.8, 4) is 16.9 Å². The zero-order valence-electron chi connectivity index (χ0n) is 21.6. The fourth-order valence-corrected chi connectivity index (χ4v) is 5.08. The molecule has 1 heterocycles. The van der Waals surface area contributed by atoms with Gasteiger partial charge in [-0.2, -0.15) is 8.78 Å². The quantitative estimate of drug-likeness (QED) is 0.326. The summed E-state index contributed by atoms with van der Waals surface area (Å²) in [6.45, 7) is 11.3. The molecule has 2 atom stereocenters. The van der Waals surface area contributed by atoms with Crippen LogP contribution in [0.5, 0.6) is 5.75 Å². The molecule has 2 nitrogen and oxygen atoms in total. The molecule has 0 amide bonds. The molecule has 0 N–H and O–H groups in total. The van der Waals surface area contributed by atoms with Crippen LogP contribution >= 0.6 is 0 Å². The van der Waals surface area contributed by atoms with E-state index in [0.29, 0.717) is 22.6 Å². The van der Waals surface area contributed by atoms with Gasteiger partial charge in [0, 0.05) is 12.7 Å². The monoisotopic (exact) mass is 500 g/mol. The molecular weight excluding hydrogens is 468 g/mol. The molecule has 0 spiro atoms. The molecule has 4 rings (SSSR count). The first kappa shape index (κ1) is 26.2. The first-order valence-electron chi connectivity index (χ1n) is 12.2. The van der Waals surface area contributed by atoms with Gasteiger partial charge in [0.2, 0.25) is 0 Å². The average Bonchev–Trinajstić information content (AvgIpc) is 2.76. The zero-order chi connectivity index (χ0) is 26.4. The first-order valence-corrected chi connectivity index (χ1v) is 12.2. The zero-order valence-corrected chi connectivity index (χ0v) is 21.6. The summed E-state index contributed by atoms with van der Waals surface area (Å²) < 4.78 is 70.3. The maximum absolute atomic E-state index is 15.2. The molecular formula is C30H32F4O2. The van der Waals surface area contributed by atoms with Gasteiger partial charge in [0.25, 0.3) is 0 Å². The molecule has 2 unspecified atom stereocenters. The number of aryl methyl sites for hydroxylation is 4. The van der Waals surface area contributed by atoms with Gasteiger partial charge in [-0.15, -0.1) is 0 Å². The van der Waals surface area contributed by atoms with Crippen molar-refractivity contribution in [1.82, 2.24) is 0 Å². The van der Waals surface area contributed by atoms with Gasteiger partial charge >= 0.3 is 6.11 Å². The fraction of sp³-hybridized carbons (Fsp3) is 0.400. The van der Waals surface area contributed by atoms with E-state index in [1.165, 1.54) is 13.0 Å². The van der Waals surface area contributed by atoms with Crippen LogP contribution in [-0.2, 0) is 10.8 Å². The minimum absolute atomic E-state index is 0.0274. The molecule has 0 aromatic heterocycles. The molecule has 0 aliphatic carbocycles. The third kappa shape index (κ3) is 5.15. The van der Waals surface area contributed by atoms with Crippen LogP contribution < -0.4 is 4.74 Å². The Labute approximate surface area is 210 Å². The molecule has 6 heteroatoms. The van der Waals surface area contributed by atoms with Crippen molar-refractivity contribution in [3.63, 3.8) is 0 Å². The van der Waals surface area contributed by atoms with E-state index >= 15 is 13.2 Å². The smallest absolute Gasteiger partial charge is 0.429 e. The van der Waals surface area contributed by atoms with Gasteiger partial charge in [-0.1, -0.05) is 25.1 Å². The van der Waals surface area contributed by atoms with Gasteiger partial charge in [-0.25, -0.2) is 8.78 Å². The topological polar surface area (TPSA) is 18.5 Å². The summed E-state index contributed by atoms with van der Waals surface area (Å²) in [5, 5.41) is 0. The van der Waals surface area contributed by atoms with Gasteiger partial charge in [-0.3, -0.25) is 0 Å². The van der Waals surface area contributed by atoms with E-state index in [-0.39, 0.29) is 17.4 Å². The van der Waals surface area contributed by atoms with Crippen molar-refractivity contribution < 1.29 is 27.0 Å². The predicted octanol–water partition coefficient (Wildman–Crippen LogP) is 8.79. The van der Waals surface area contributed by atoms with E-state index in [1.807, 2.05) is 26.0 Å². The highest BCUT2D eigenvalue weighted by atomic mass is 19.3. The molecule has 1 fully saturated rings. The van der Waals surface area contributed by atoms with E-state index in [1.54, 1.807) is 19.9 Å². The minimum atomic E-state index is -3.98. The Kier molecular flexibility index (Phi) is 7.20. The third-order valence-electron chi connectivity index (χ3n) is 7.12. The van der Waals surface area contributed by atoms with Gasteiger partial charge in [0.05, 0.1) is 6.10 Å². The SMILES string of the molecule is Cc1cc(OC(F)(F)c2c(C)cc(-c3c(C)cc(C4CCC(C)CO4)cc3C)cc2F)cc(F)c1C. The molecule has 3 aromatic carbocycles. The van der Waals surface area contributed by atoms with Crippen LogP contribution in [0, 0.1) is 52.2 Å². The lowest BCUT2D eigenvalue weighted by molar-refractivity contribution is -0.187. The molecule has 0 saturated carbocycles. The van der Waals surface area contributed by atoms with Crippen molar-refractivity contribution in [2.75, 3.05) is 6.61 Å². The Bertz CT molecular complexity index is 1220. The van der Waals surface area contributed by atoms with Crippen LogP contribution in [0.3, 0.4) is 0 Å². The van der Waals surface area contributed by atoms with Gasteiger partial charge in [0.1, 0.15) is 22.9 Å². The largest absolute Gasteiger partial charge is 0.429 e. The maximum Gasteiger partial charge on any atom is 0.429 e. The number of ether oxygens (including phenoxy) is 2. The maximum atomic E-state index is 15.2. The van der Waals surface area contributed by atoms with Crippen molar-refractivity contribution in [2.45, 2.75) is 66.6 Å². The number of hydrogen-bond donors (Lipinski definition) is 0. The van der Waals surface area contributed by atoms with E-state index < -0.39 is 23.3 Å². The summed E-state index contributed by atoms with van der Waals surface area (Å²) in [7, 11) is 0. The highest BCUT2D eigenvalue weighted by Gasteiger charge is 2.40. The van der Waals surface area contributed by atoms with Crippen molar-refractivity contribution in [2.24, 2.45) is 5.92 Å². The summed E-state index contributed by atoms with van der Waals surface area (Å²) in [6.07, 6.45) is -1.91. The van der Waals surface area contributed by atoms with Crippen LogP contribution in [0.4, 0.5) is 17.6 Å². The molecule has 192 valence electrons. The summed E-state index contributed by atoms with van der Waals surface area (Å²) >= 11 is 0. The Morgan fingerprint density at radius 3 is 2.03 bits per heavy atom. The lowest BCUT2D eigenvalue weighted by atomic mass is 9.88. The van der Waals surface area contributed by atoms with Crippen LogP contribution in [0.2, 0.25) is 0 Å². The van der Waals surface area contributed by atoms with Gasteiger partial charge in [-0.05, 0) is 110 Å². The lowest BCUT2D eigenvalue weighted by Crippen LogP contribution is -2.25. The van der Waals surface area contributed by atoms with Crippen LogP contribution in [0.1, 0.15) is 64.8 Å². The molecule has 1 aliphatic heterocycles. The number of halogens is 4. The Morgan fingerprint density at radius 1 is 0.806 bits per heavy atom. The van der Waals surface area contributed by atoms with E-state index in [2.05, 4.69) is 6.92 Å². The van der Waals surface area contributed by atoms with E-state index in [0.717, 1.165) is 53.8 Å². The third-order valence-corrected chi connectivity index (χ3v) is 7.12. The number of benzene rings is 3. The lowest BCUT2D eigenvalue weighted by Gasteiger charge is -2.28. The average molecular weight is 501 g/mol.